The number of fused-ring (bicyclic) bond motifs is 2. The third-order valence-corrected chi connectivity index (χ3v) is 10.9. The van der Waals surface area contributed by atoms with Gasteiger partial charge in [0.05, 0.1) is 11.5 Å². The Morgan fingerprint density at radius 1 is 0.915 bits per heavy atom. The maximum Gasteiger partial charge on any atom is 0.209 e. The number of halogens is 3. The van der Waals surface area contributed by atoms with E-state index in [1.165, 1.54) is 33.9 Å². The fourth-order valence-electron chi connectivity index (χ4n) is 7.28. The highest BCUT2D eigenvalue weighted by atomic mass is 35.5. The molecule has 3 nitrogen and oxygen atoms in total. The molecule has 0 fully saturated rings. The van der Waals surface area contributed by atoms with E-state index in [4.69, 9.17) is 46.0 Å². The Balaban J connectivity index is 1.56. The molecule has 1 unspecified atom stereocenters. The van der Waals surface area contributed by atoms with E-state index in [9.17, 15) is 0 Å². The maximum atomic E-state index is 7.28. The minimum atomic E-state index is -0.206. The molecule has 0 amide bonds. The lowest BCUT2D eigenvalue weighted by Crippen LogP contribution is -2.28. The summed E-state index contributed by atoms with van der Waals surface area (Å²) < 4.78 is 8.61. The van der Waals surface area contributed by atoms with E-state index in [0.29, 0.717) is 12.8 Å². The van der Waals surface area contributed by atoms with Crippen LogP contribution in [0, 0.1) is 12.3 Å². The van der Waals surface area contributed by atoms with Crippen molar-refractivity contribution in [2.24, 2.45) is 0 Å². The molecule has 0 radical (unpaired) electrons. The average Bonchev–Trinajstić information content (AvgIpc) is 3.37. The molecule has 1 aliphatic carbocycles. The molecule has 2 heterocycles. The maximum absolute atomic E-state index is 7.28. The second-order valence-electron chi connectivity index (χ2n) is 13.9. The molecule has 0 bridgehead atoms. The summed E-state index contributed by atoms with van der Waals surface area (Å²) in [7, 11) is 0. The molecule has 2 aromatic rings. The predicted octanol–water partition coefficient (Wildman–Crippen LogP) is 11.4. The molecule has 2 aromatic carbocycles. The van der Waals surface area contributed by atoms with Crippen molar-refractivity contribution in [3.8, 4) is 12.3 Å². The lowest BCUT2D eigenvalue weighted by Gasteiger charge is -2.28. The van der Waals surface area contributed by atoms with Crippen LogP contribution in [0.5, 0.6) is 0 Å². The van der Waals surface area contributed by atoms with E-state index in [-0.39, 0.29) is 23.5 Å². The van der Waals surface area contributed by atoms with Gasteiger partial charge in [0.1, 0.15) is 13.2 Å². The first-order chi connectivity index (χ1) is 22.4. The summed E-state index contributed by atoms with van der Waals surface area (Å²) in [5.74, 6) is 2.65. The van der Waals surface area contributed by atoms with Crippen molar-refractivity contribution in [3.05, 3.63) is 104 Å². The van der Waals surface area contributed by atoms with Gasteiger partial charge in [-0.05, 0) is 73.4 Å². The number of terminal acetylenes is 1. The van der Waals surface area contributed by atoms with Gasteiger partial charge in [-0.3, -0.25) is 0 Å². The van der Waals surface area contributed by atoms with Crippen LogP contribution in [0.2, 0.25) is 10.0 Å². The van der Waals surface area contributed by atoms with Crippen LogP contribution >= 0.6 is 34.8 Å². The molecule has 0 spiro atoms. The Kier molecular flexibility index (Phi) is 11.2. The van der Waals surface area contributed by atoms with Crippen molar-refractivity contribution in [1.29, 1.82) is 0 Å². The van der Waals surface area contributed by atoms with E-state index < -0.39 is 0 Å². The Morgan fingerprint density at radius 3 is 2.32 bits per heavy atom. The second-order valence-corrected chi connectivity index (χ2v) is 15.2. The highest BCUT2D eigenvalue weighted by Crippen LogP contribution is 2.49. The molecule has 1 atom stereocenters. The zero-order valence-corrected chi connectivity index (χ0v) is 31.0. The van der Waals surface area contributed by atoms with Crippen LogP contribution in [0.25, 0.3) is 0 Å². The van der Waals surface area contributed by atoms with Gasteiger partial charge in [-0.2, -0.15) is 4.58 Å². The zero-order valence-electron chi connectivity index (χ0n) is 28.7. The van der Waals surface area contributed by atoms with Crippen LogP contribution in [0.3, 0.4) is 0 Å². The number of allylic oxidation sites excluding steroid dienone is 6. The van der Waals surface area contributed by atoms with Gasteiger partial charge in [0.25, 0.3) is 0 Å². The first kappa shape index (κ1) is 35.6. The van der Waals surface area contributed by atoms with Gasteiger partial charge in [-0.15, -0.1) is 6.42 Å². The molecule has 6 heteroatoms. The van der Waals surface area contributed by atoms with E-state index in [1.54, 1.807) is 0 Å². The highest BCUT2D eigenvalue weighted by molar-refractivity contribution is 6.33. The van der Waals surface area contributed by atoms with Crippen molar-refractivity contribution in [3.63, 3.8) is 0 Å². The molecule has 47 heavy (non-hydrogen) atoms. The van der Waals surface area contributed by atoms with Crippen LogP contribution in [0.15, 0.2) is 82.6 Å². The highest BCUT2D eigenvalue weighted by Gasteiger charge is 2.44. The van der Waals surface area contributed by atoms with Crippen LogP contribution in [0.4, 0.5) is 11.4 Å². The van der Waals surface area contributed by atoms with Gasteiger partial charge in [0, 0.05) is 75.4 Å². The van der Waals surface area contributed by atoms with Crippen LogP contribution in [-0.2, 0) is 15.6 Å². The third kappa shape index (κ3) is 7.18. The van der Waals surface area contributed by atoms with Crippen molar-refractivity contribution in [2.75, 3.05) is 24.6 Å². The monoisotopic (exact) mass is 689 g/mol. The molecule has 0 N–H and O–H groups in total. The molecule has 0 aromatic heterocycles. The summed E-state index contributed by atoms with van der Waals surface area (Å²) in [4.78, 5) is 2.45. The van der Waals surface area contributed by atoms with E-state index in [2.05, 4.69) is 106 Å². The number of anilines is 1. The zero-order chi connectivity index (χ0) is 33.9. The summed E-state index contributed by atoms with van der Waals surface area (Å²) in [6.45, 7) is 15.7. The van der Waals surface area contributed by atoms with Gasteiger partial charge in [0.2, 0.25) is 5.69 Å². The van der Waals surface area contributed by atoms with E-state index >= 15 is 0 Å². The lowest BCUT2D eigenvalue weighted by molar-refractivity contribution is -0.438. The summed E-state index contributed by atoms with van der Waals surface area (Å²) in [6, 6.07) is 12.5. The van der Waals surface area contributed by atoms with E-state index in [0.717, 1.165) is 65.0 Å². The van der Waals surface area contributed by atoms with Gasteiger partial charge in [-0.1, -0.05) is 93.4 Å². The summed E-state index contributed by atoms with van der Waals surface area (Å²) in [5.41, 5.74) is 9.15. The molecular formula is C41H48Cl3N2O+. The van der Waals surface area contributed by atoms with Crippen LogP contribution in [0.1, 0.15) is 91.2 Å². The van der Waals surface area contributed by atoms with Crippen molar-refractivity contribution in [1.82, 2.24) is 0 Å². The SMILES string of the molecule is C#CCOC1CC(/C=C/C2=[N+](CCCC)c3ccc(Cl)cc3C2(C)C)=C(Cl)C(=C/C=C2/N(CCCC)c3ccc(Cl)cc3C2(C)C)/C1. The lowest BCUT2D eigenvalue weighted by atomic mass is 9.81. The fraction of sp³-hybridized carbons (Fsp3) is 0.439. The topological polar surface area (TPSA) is 15.5 Å². The Morgan fingerprint density at radius 2 is 1.62 bits per heavy atom. The first-order valence-electron chi connectivity index (χ1n) is 17.0. The number of nitrogens with zero attached hydrogens (tertiary/aromatic N) is 2. The molecule has 5 rings (SSSR count). The quantitative estimate of drug-likeness (QED) is 0.172. The van der Waals surface area contributed by atoms with Gasteiger partial charge >= 0.3 is 0 Å². The molecular weight excluding hydrogens is 643 g/mol. The number of benzene rings is 2. The minimum Gasteiger partial charge on any atom is -0.365 e. The molecule has 2 aliphatic heterocycles. The summed E-state index contributed by atoms with van der Waals surface area (Å²) in [5, 5.41) is 2.31. The van der Waals surface area contributed by atoms with Crippen molar-refractivity contribution < 1.29 is 9.31 Å². The largest absolute Gasteiger partial charge is 0.365 e. The third-order valence-electron chi connectivity index (χ3n) is 9.92. The molecule has 248 valence electrons. The first-order valence-corrected chi connectivity index (χ1v) is 18.1. The fourth-order valence-corrected chi connectivity index (χ4v) is 7.91. The standard InChI is InChI=1S/C41H48Cl3N2O/c1-8-11-21-45-35-17-15-30(42)26-33(35)40(4,5)37(45)19-13-28-24-32(47-23-10-3)25-29(39(28)44)14-20-38-41(6,7)34-27-31(43)16-18-36(34)46(38)22-12-9-2/h3,13-20,26-27,32H,8-9,11-12,21-25H2,1-2,4-7H3/q+1. The summed E-state index contributed by atoms with van der Waals surface area (Å²) in [6.07, 6.45) is 20.3. The van der Waals surface area contributed by atoms with Gasteiger partial charge in [0.15, 0.2) is 5.71 Å². The number of hydrogen-bond donors (Lipinski definition) is 0. The Bertz CT molecular complexity index is 1720. The predicted molar refractivity (Wildman–Crippen MR) is 202 cm³/mol. The van der Waals surface area contributed by atoms with Gasteiger partial charge < -0.3 is 9.64 Å². The number of unbranched alkanes of at least 4 members (excludes halogenated alkanes) is 2. The number of rotatable bonds is 11. The Labute approximate surface area is 297 Å². The summed E-state index contributed by atoms with van der Waals surface area (Å²) >= 11 is 20.3. The Hall–Kier alpha value is -2.74. The van der Waals surface area contributed by atoms with E-state index in [1.807, 2.05) is 12.1 Å². The average molecular weight is 691 g/mol. The van der Waals surface area contributed by atoms with Crippen LogP contribution in [-0.4, -0.2) is 36.1 Å². The minimum absolute atomic E-state index is 0.0598. The molecule has 3 aliphatic rings. The van der Waals surface area contributed by atoms with Crippen molar-refractivity contribution in [2.45, 2.75) is 97.0 Å². The number of ether oxygens (including phenoxy) is 1. The molecule has 0 saturated carbocycles. The smallest absolute Gasteiger partial charge is 0.209 e. The second kappa shape index (κ2) is 14.8. The number of hydrogen-bond acceptors (Lipinski definition) is 2. The normalized spacial score (nSPS) is 21.7. The van der Waals surface area contributed by atoms with Crippen molar-refractivity contribution >= 4 is 51.9 Å². The molecule has 0 saturated heterocycles. The van der Waals surface area contributed by atoms with Crippen LogP contribution < -0.4 is 4.90 Å². The van der Waals surface area contributed by atoms with Gasteiger partial charge in [-0.25, -0.2) is 0 Å².